The van der Waals surface area contributed by atoms with Gasteiger partial charge in [0.25, 0.3) is 0 Å². The Morgan fingerprint density at radius 3 is 1.30 bits per heavy atom. The quantitative estimate of drug-likeness (QED) is 0.181. The van der Waals surface area contributed by atoms with Gasteiger partial charge in [-0.3, -0.25) is 0 Å². The summed E-state index contributed by atoms with van der Waals surface area (Å²) in [6.07, 6.45) is 37.0. The molecule has 0 aromatic heterocycles. The van der Waals surface area contributed by atoms with Crippen LogP contribution in [0, 0.1) is 10.8 Å². The molecule has 0 heteroatoms. The van der Waals surface area contributed by atoms with Crippen LogP contribution in [0.3, 0.4) is 0 Å². The van der Waals surface area contributed by atoms with Crippen LogP contribution in [0.15, 0.2) is 117 Å². The Kier molecular flexibility index (Phi) is 13.4. The van der Waals surface area contributed by atoms with Crippen LogP contribution in [-0.2, 0) is 0 Å². The zero-order valence-electron chi connectivity index (χ0n) is 27.6. The van der Waals surface area contributed by atoms with E-state index in [2.05, 4.69) is 142 Å². The highest BCUT2D eigenvalue weighted by atomic mass is 14.3. The SMILES string of the molecule is CC1=C(\C=C/C(C)=C/C=C/C(C)=C\CC/C=C(C)/C=C/C=C(C)/C=C/C2=C(C)CCCC2(C)C)C(C)(C)CCC1. The van der Waals surface area contributed by atoms with Gasteiger partial charge in [0.15, 0.2) is 0 Å². The van der Waals surface area contributed by atoms with Crippen LogP contribution >= 0.6 is 0 Å². The third-order valence-electron chi connectivity index (χ3n) is 8.65. The van der Waals surface area contributed by atoms with Crippen LogP contribution in [0.1, 0.15) is 121 Å². The fraction of sp³-hybridized carbons (Fsp3) is 0.500. The summed E-state index contributed by atoms with van der Waals surface area (Å²) < 4.78 is 0. The number of hydrogen-bond acceptors (Lipinski definition) is 0. The standard InChI is InChI=1S/C40H58/c1-31(19-13-21-33(3)25-27-37-35(5)23-15-29-39(37,7)8)17-11-12-18-32(2)20-14-22-34(4)26-28-38-36(6)24-16-30-40(38,9)10/h13-14,17-22,25-28H,11-12,15-16,23-24,29-30H2,1-10H3/b19-13+,20-14+,27-25-,28-26+,31-17-,32-18+,33-21+,34-22+. The fourth-order valence-corrected chi connectivity index (χ4v) is 6.02. The average Bonchev–Trinajstić information content (AvgIpc) is 2.85. The predicted octanol–water partition coefficient (Wildman–Crippen LogP) is 12.8. The lowest BCUT2D eigenvalue weighted by atomic mass is 9.72. The molecule has 40 heavy (non-hydrogen) atoms. The third-order valence-corrected chi connectivity index (χ3v) is 8.65. The van der Waals surface area contributed by atoms with Crippen molar-refractivity contribution in [3.8, 4) is 0 Å². The second kappa shape index (κ2) is 16.0. The molecule has 0 heterocycles. The maximum absolute atomic E-state index is 2.38. The topological polar surface area (TPSA) is 0 Å². The van der Waals surface area contributed by atoms with Gasteiger partial charge in [-0.05, 0) is 115 Å². The molecule has 0 spiro atoms. The van der Waals surface area contributed by atoms with E-state index in [4.69, 9.17) is 0 Å². The summed E-state index contributed by atoms with van der Waals surface area (Å²) >= 11 is 0. The lowest BCUT2D eigenvalue weighted by Gasteiger charge is -2.33. The molecule has 0 unspecified atom stereocenters. The predicted molar refractivity (Wildman–Crippen MR) is 181 cm³/mol. The van der Waals surface area contributed by atoms with Crippen LogP contribution < -0.4 is 0 Å². The lowest BCUT2D eigenvalue weighted by Crippen LogP contribution is -2.19. The summed E-state index contributed by atoms with van der Waals surface area (Å²) in [5.41, 5.74) is 12.0. The molecule has 2 aliphatic rings. The van der Waals surface area contributed by atoms with Crippen molar-refractivity contribution < 1.29 is 0 Å². The molecule has 0 radical (unpaired) electrons. The summed E-state index contributed by atoms with van der Waals surface area (Å²) in [5.74, 6) is 0. The Morgan fingerprint density at radius 2 is 0.950 bits per heavy atom. The molecule has 0 N–H and O–H groups in total. The highest BCUT2D eigenvalue weighted by Gasteiger charge is 2.27. The molecule has 2 rings (SSSR count). The smallest absolute Gasteiger partial charge is 0.0104 e. The van der Waals surface area contributed by atoms with Crippen LogP contribution in [0.4, 0.5) is 0 Å². The zero-order chi connectivity index (χ0) is 29.8. The molecular weight excluding hydrogens is 480 g/mol. The van der Waals surface area contributed by atoms with Gasteiger partial charge in [-0.2, -0.15) is 0 Å². The largest absolute Gasteiger partial charge is 0.0813 e. The van der Waals surface area contributed by atoms with Gasteiger partial charge in [0.2, 0.25) is 0 Å². The molecule has 0 nitrogen and oxygen atoms in total. The lowest BCUT2D eigenvalue weighted by molar-refractivity contribution is 0.376. The molecule has 0 saturated carbocycles. The van der Waals surface area contributed by atoms with Gasteiger partial charge in [0, 0.05) is 0 Å². The fourth-order valence-electron chi connectivity index (χ4n) is 6.02. The van der Waals surface area contributed by atoms with Crippen LogP contribution in [0.2, 0.25) is 0 Å². The van der Waals surface area contributed by atoms with E-state index in [1.165, 1.54) is 72.0 Å². The summed E-state index contributed by atoms with van der Waals surface area (Å²) in [6, 6.07) is 0. The second-order valence-corrected chi connectivity index (χ2v) is 13.5. The van der Waals surface area contributed by atoms with E-state index in [1.54, 1.807) is 11.1 Å². The van der Waals surface area contributed by atoms with Crippen molar-refractivity contribution in [2.45, 2.75) is 121 Å². The Labute approximate surface area is 248 Å². The van der Waals surface area contributed by atoms with Gasteiger partial charge in [0.05, 0.1) is 0 Å². The summed E-state index contributed by atoms with van der Waals surface area (Å²) in [5, 5.41) is 0. The first-order valence-electron chi connectivity index (χ1n) is 15.6. The molecule has 218 valence electrons. The van der Waals surface area contributed by atoms with Gasteiger partial charge < -0.3 is 0 Å². The average molecular weight is 539 g/mol. The molecule has 0 aliphatic heterocycles. The summed E-state index contributed by atoms with van der Waals surface area (Å²) in [7, 11) is 0. The molecule has 0 atom stereocenters. The van der Waals surface area contributed by atoms with Crippen molar-refractivity contribution in [2.75, 3.05) is 0 Å². The Balaban J connectivity index is 1.82. The Morgan fingerprint density at radius 1 is 0.575 bits per heavy atom. The van der Waals surface area contributed by atoms with Crippen molar-refractivity contribution in [1.82, 2.24) is 0 Å². The first-order valence-corrected chi connectivity index (χ1v) is 15.6. The molecule has 0 aromatic rings. The van der Waals surface area contributed by atoms with E-state index in [0.29, 0.717) is 10.8 Å². The molecule has 0 saturated heterocycles. The van der Waals surface area contributed by atoms with Gasteiger partial charge >= 0.3 is 0 Å². The first-order chi connectivity index (χ1) is 18.8. The normalized spacial score (nSPS) is 21.8. The Hall–Kier alpha value is -2.60. The minimum absolute atomic E-state index is 0.299. The molecule has 0 amide bonds. The van der Waals surface area contributed by atoms with Crippen molar-refractivity contribution >= 4 is 0 Å². The number of unbranched alkanes of at least 4 members (excludes halogenated alkanes) is 1. The summed E-state index contributed by atoms with van der Waals surface area (Å²) in [6.45, 7) is 22.9. The number of rotatable bonds is 11. The van der Waals surface area contributed by atoms with Crippen molar-refractivity contribution in [1.29, 1.82) is 0 Å². The van der Waals surface area contributed by atoms with E-state index in [-0.39, 0.29) is 0 Å². The van der Waals surface area contributed by atoms with Crippen molar-refractivity contribution in [3.05, 3.63) is 117 Å². The molecule has 0 bridgehead atoms. The van der Waals surface area contributed by atoms with Gasteiger partial charge in [-0.25, -0.2) is 0 Å². The van der Waals surface area contributed by atoms with E-state index in [1.807, 2.05) is 0 Å². The van der Waals surface area contributed by atoms with Gasteiger partial charge in [-0.1, -0.05) is 134 Å². The van der Waals surface area contributed by atoms with Crippen molar-refractivity contribution in [2.24, 2.45) is 10.8 Å². The zero-order valence-corrected chi connectivity index (χ0v) is 27.6. The van der Waals surface area contributed by atoms with Gasteiger partial charge in [-0.15, -0.1) is 0 Å². The van der Waals surface area contributed by atoms with Crippen LogP contribution in [0.25, 0.3) is 0 Å². The molecule has 2 aliphatic carbocycles. The van der Waals surface area contributed by atoms with E-state index < -0.39 is 0 Å². The number of hydrogen-bond donors (Lipinski definition) is 0. The second-order valence-electron chi connectivity index (χ2n) is 13.5. The summed E-state index contributed by atoms with van der Waals surface area (Å²) in [4.78, 5) is 0. The third kappa shape index (κ3) is 11.5. The molecule has 0 fully saturated rings. The minimum Gasteiger partial charge on any atom is -0.0813 e. The van der Waals surface area contributed by atoms with E-state index >= 15 is 0 Å². The number of allylic oxidation sites excluding steroid dienone is 20. The van der Waals surface area contributed by atoms with Gasteiger partial charge in [0.1, 0.15) is 0 Å². The van der Waals surface area contributed by atoms with Crippen LogP contribution in [0.5, 0.6) is 0 Å². The molecular formula is C40H58. The molecule has 0 aromatic carbocycles. The monoisotopic (exact) mass is 538 g/mol. The van der Waals surface area contributed by atoms with E-state index in [0.717, 1.165) is 12.8 Å². The minimum atomic E-state index is 0.299. The maximum atomic E-state index is 2.38. The Bertz CT molecular complexity index is 1070. The maximum Gasteiger partial charge on any atom is -0.0104 e. The first kappa shape index (κ1) is 33.6. The highest BCUT2D eigenvalue weighted by molar-refractivity contribution is 5.38. The van der Waals surface area contributed by atoms with E-state index in [9.17, 15) is 0 Å². The highest BCUT2D eigenvalue weighted by Crippen LogP contribution is 2.41. The van der Waals surface area contributed by atoms with Crippen LogP contribution in [-0.4, -0.2) is 0 Å². The van der Waals surface area contributed by atoms with Crippen molar-refractivity contribution in [3.63, 3.8) is 0 Å².